The summed E-state index contributed by atoms with van der Waals surface area (Å²) in [5.74, 6) is 0. The van der Waals surface area contributed by atoms with E-state index in [0.717, 1.165) is 49.2 Å². The zero-order chi connectivity index (χ0) is 13.1. The van der Waals surface area contributed by atoms with E-state index >= 15 is 0 Å². The molecular formula is C13H17N5S. The lowest BCUT2D eigenvalue weighted by Gasteiger charge is -2.34. The van der Waals surface area contributed by atoms with Crippen LogP contribution in [0.3, 0.4) is 0 Å². The summed E-state index contributed by atoms with van der Waals surface area (Å²) in [6, 6.07) is 0. The lowest BCUT2D eigenvalue weighted by Crippen LogP contribution is -2.46. The molecule has 0 atom stereocenters. The van der Waals surface area contributed by atoms with E-state index in [0.29, 0.717) is 0 Å². The van der Waals surface area contributed by atoms with Crippen LogP contribution in [0.4, 0.5) is 5.13 Å². The fourth-order valence-corrected chi connectivity index (χ4v) is 2.90. The van der Waals surface area contributed by atoms with E-state index in [4.69, 9.17) is 0 Å². The third-order valence-electron chi connectivity index (χ3n) is 3.28. The molecule has 1 aliphatic heterocycles. The minimum atomic E-state index is 0.888. The van der Waals surface area contributed by atoms with Crippen molar-refractivity contribution in [1.82, 2.24) is 19.9 Å². The highest BCUT2D eigenvalue weighted by atomic mass is 32.1. The van der Waals surface area contributed by atoms with Crippen LogP contribution in [0.1, 0.15) is 11.4 Å². The Bertz CT molecular complexity index is 502. The molecule has 2 aromatic rings. The maximum Gasteiger partial charge on any atom is 0.185 e. The summed E-state index contributed by atoms with van der Waals surface area (Å²) in [6.45, 7) is 7.02. The highest BCUT2D eigenvalue weighted by Gasteiger charge is 2.18. The molecule has 0 radical (unpaired) electrons. The number of nitrogens with zero attached hydrogens (tertiary/aromatic N) is 5. The molecule has 0 amide bonds. The minimum Gasteiger partial charge on any atom is -0.346 e. The van der Waals surface area contributed by atoms with Gasteiger partial charge < -0.3 is 4.90 Å². The highest BCUT2D eigenvalue weighted by molar-refractivity contribution is 7.13. The largest absolute Gasteiger partial charge is 0.346 e. The van der Waals surface area contributed by atoms with Gasteiger partial charge in [-0.1, -0.05) is 0 Å². The maximum absolute atomic E-state index is 4.41. The molecule has 1 saturated heterocycles. The summed E-state index contributed by atoms with van der Waals surface area (Å²) in [5.41, 5.74) is 2.02. The molecule has 0 saturated carbocycles. The van der Waals surface area contributed by atoms with E-state index in [2.05, 4.69) is 24.8 Å². The molecule has 19 heavy (non-hydrogen) atoms. The van der Waals surface area contributed by atoms with Crippen LogP contribution in [0.5, 0.6) is 0 Å². The zero-order valence-corrected chi connectivity index (χ0v) is 11.8. The first kappa shape index (κ1) is 12.5. The van der Waals surface area contributed by atoms with Crippen molar-refractivity contribution in [2.75, 3.05) is 31.1 Å². The lowest BCUT2D eigenvalue weighted by molar-refractivity contribution is 0.246. The van der Waals surface area contributed by atoms with Crippen molar-refractivity contribution in [2.45, 2.75) is 13.5 Å². The molecule has 2 aromatic heterocycles. The predicted molar refractivity (Wildman–Crippen MR) is 76.4 cm³/mol. The number of anilines is 1. The van der Waals surface area contributed by atoms with Crippen LogP contribution < -0.4 is 4.90 Å². The van der Waals surface area contributed by atoms with Crippen molar-refractivity contribution < 1.29 is 0 Å². The van der Waals surface area contributed by atoms with Gasteiger partial charge in [0, 0.05) is 56.7 Å². The van der Waals surface area contributed by atoms with Gasteiger partial charge in [0.15, 0.2) is 5.13 Å². The van der Waals surface area contributed by atoms with Crippen LogP contribution in [0.2, 0.25) is 0 Å². The van der Waals surface area contributed by atoms with Crippen molar-refractivity contribution in [2.24, 2.45) is 0 Å². The number of hydrogen-bond acceptors (Lipinski definition) is 6. The maximum atomic E-state index is 4.41. The second kappa shape index (κ2) is 5.63. The Labute approximate surface area is 116 Å². The van der Waals surface area contributed by atoms with E-state index in [1.54, 1.807) is 11.3 Å². The highest BCUT2D eigenvalue weighted by Crippen LogP contribution is 2.19. The molecule has 1 aliphatic rings. The Morgan fingerprint density at radius 3 is 2.58 bits per heavy atom. The fraction of sp³-hybridized carbons (Fsp3) is 0.462. The van der Waals surface area contributed by atoms with Crippen LogP contribution in [-0.4, -0.2) is 46.0 Å². The first-order valence-corrected chi connectivity index (χ1v) is 7.33. The summed E-state index contributed by atoms with van der Waals surface area (Å²) >= 11 is 1.71. The molecule has 3 heterocycles. The van der Waals surface area contributed by atoms with Crippen LogP contribution in [0.25, 0.3) is 0 Å². The van der Waals surface area contributed by atoms with Gasteiger partial charge >= 0.3 is 0 Å². The normalized spacial score (nSPS) is 16.8. The van der Waals surface area contributed by atoms with Gasteiger partial charge in [-0.25, -0.2) is 4.98 Å². The van der Waals surface area contributed by atoms with Gasteiger partial charge in [-0.2, -0.15) is 0 Å². The number of aromatic nitrogens is 3. The van der Waals surface area contributed by atoms with Crippen LogP contribution >= 0.6 is 11.3 Å². The molecule has 0 aromatic carbocycles. The number of piperazine rings is 1. The van der Waals surface area contributed by atoms with Crippen LogP contribution in [0, 0.1) is 6.92 Å². The van der Waals surface area contributed by atoms with Crippen molar-refractivity contribution in [3.8, 4) is 0 Å². The predicted octanol–water partition coefficient (Wildman–Crippen LogP) is 1.56. The van der Waals surface area contributed by atoms with E-state index in [9.17, 15) is 0 Å². The Balaban J connectivity index is 1.54. The smallest absolute Gasteiger partial charge is 0.185 e. The monoisotopic (exact) mass is 275 g/mol. The van der Waals surface area contributed by atoms with E-state index < -0.39 is 0 Å². The van der Waals surface area contributed by atoms with E-state index in [-0.39, 0.29) is 0 Å². The molecule has 0 N–H and O–H groups in total. The first-order valence-electron chi connectivity index (χ1n) is 6.45. The van der Waals surface area contributed by atoms with Gasteiger partial charge in [0.05, 0.1) is 11.4 Å². The van der Waals surface area contributed by atoms with Crippen LogP contribution in [0.15, 0.2) is 24.0 Å². The first-order chi connectivity index (χ1) is 9.31. The molecule has 6 heteroatoms. The Hall–Kier alpha value is -1.53. The summed E-state index contributed by atoms with van der Waals surface area (Å²) in [4.78, 5) is 17.8. The van der Waals surface area contributed by atoms with Crippen molar-refractivity contribution in [3.63, 3.8) is 0 Å². The number of aryl methyl sites for hydroxylation is 1. The molecular weight excluding hydrogens is 258 g/mol. The molecule has 1 fully saturated rings. The molecule has 0 spiro atoms. The van der Waals surface area contributed by atoms with Gasteiger partial charge in [-0.15, -0.1) is 11.3 Å². The fourth-order valence-electron chi connectivity index (χ4n) is 2.20. The molecule has 100 valence electrons. The van der Waals surface area contributed by atoms with Gasteiger partial charge in [0.1, 0.15) is 0 Å². The van der Waals surface area contributed by atoms with Gasteiger partial charge in [-0.05, 0) is 6.92 Å². The SMILES string of the molecule is Cc1cnc(CN2CCN(c3nccs3)CC2)cn1. The molecule has 3 rings (SSSR count). The second-order valence-corrected chi connectivity index (χ2v) is 5.60. The molecule has 0 unspecified atom stereocenters. The van der Waals surface area contributed by atoms with Gasteiger partial charge in [0.2, 0.25) is 0 Å². The van der Waals surface area contributed by atoms with Crippen molar-refractivity contribution >= 4 is 16.5 Å². The molecule has 5 nitrogen and oxygen atoms in total. The van der Waals surface area contributed by atoms with Crippen molar-refractivity contribution in [1.29, 1.82) is 0 Å². The summed E-state index contributed by atoms with van der Waals surface area (Å²) in [7, 11) is 0. The summed E-state index contributed by atoms with van der Waals surface area (Å²) < 4.78 is 0. The zero-order valence-electron chi connectivity index (χ0n) is 11.0. The molecule has 0 aliphatic carbocycles. The third-order valence-corrected chi connectivity index (χ3v) is 4.11. The van der Waals surface area contributed by atoms with Gasteiger partial charge in [-0.3, -0.25) is 14.9 Å². The number of hydrogen-bond donors (Lipinski definition) is 0. The van der Waals surface area contributed by atoms with Crippen molar-refractivity contribution in [3.05, 3.63) is 35.4 Å². The standard InChI is InChI=1S/C13H17N5S/c1-11-8-16-12(9-15-11)10-17-3-5-18(6-4-17)13-14-2-7-19-13/h2,7-9H,3-6,10H2,1H3. The quantitative estimate of drug-likeness (QED) is 0.850. The van der Waals surface area contributed by atoms with E-state index in [1.807, 2.05) is 30.9 Å². The Morgan fingerprint density at radius 1 is 1.11 bits per heavy atom. The third kappa shape index (κ3) is 3.08. The second-order valence-electron chi connectivity index (χ2n) is 4.73. The molecule has 0 bridgehead atoms. The summed E-state index contributed by atoms with van der Waals surface area (Å²) in [5, 5.41) is 3.17. The number of thiazole rings is 1. The topological polar surface area (TPSA) is 45.2 Å². The lowest BCUT2D eigenvalue weighted by atomic mass is 10.3. The summed E-state index contributed by atoms with van der Waals surface area (Å²) in [6.07, 6.45) is 5.58. The average Bonchev–Trinajstić information content (AvgIpc) is 2.96. The van der Waals surface area contributed by atoms with Crippen LogP contribution in [-0.2, 0) is 6.54 Å². The number of rotatable bonds is 3. The Kier molecular flexibility index (Phi) is 3.70. The Morgan fingerprint density at radius 2 is 1.95 bits per heavy atom. The average molecular weight is 275 g/mol. The van der Waals surface area contributed by atoms with E-state index in [1.165, 1.54) is 0 Å². The minimum absolute atomic E-state index is 0.888. The van der Waals surface area contributed by atoms with Gasteiger partial charge in [0.25, 0.3) is 0 Å².